The highest BCUT2D eigenvalue weighted by molar-refractivity contribution is 6.00. The first-order valence-electron chi connectivity index (χ1n) is 11.0. The van der Waals surface area contributed by atoms with E-state index in [1.54, 1.807) is 30.6 Å². The minimum Gasteiger partial charge on any atom is -0.355 e. The third-order valence-corrected chi connectivity index (χ3v) is 6.09. The van der Waals surface area contributed by atoms with Crippen molar-refractivity contribution in [1.82, 2.24) is 20.0 Å². The summed E-state index contributed by atoms with van der Waals surface area (Å²) < 4.78 is 7.04. The molecule has 0 atom stereocenters. The molecule has 7 heteroatoms. The van der Waals surface area contributed by atoms with E-state index in [-0.39, 0.29) is 11.5 Å². The van der Waals surface area contributed by atoms with Gasteiger partial charge in [-0.1, -0.05) is 48.3 Å². The third-order valence-electron chi connectivity index (χ3n) is 6.09. The number of rotatable bonds is 6. The Morgan fingerprint density at radius 1 is 1.09 bits per heavy atom. The van der Waals surface area contributed by atoms with E-state index in [1.807, 2.05) is 30.3 Å². The molecule has 1 aliphatic carbocycles. The molecule has 2 aromatic carbocycles. The highest BCUT2D eigenvalue weighted by Crippen LogP contribution is 2.32. The Balaban J connectivity index is 1.26. The maximum atomic E-state index is 12.7. The maximum absolute atomic E-state index is 12.7. The number of fused-ring (bicyclic) bond motifs is 1. The molecule has 162 valence electrons. The van der Waals surface area contributed by atoms with Crippen LogP contribution >= 0.6 is 0 Å². The largest absolute Gasteiger partial charge is 0.355 e. The first kappa shape index (κ1) is 20.2. The van der Waals surface area contributed by atoms with E-state index in [1.165, 1.54) is 17.4 Å². The Kier molecular flexibility index (Phi) is 5.54. The molecule has 4 aromatic rings. The zero-order valence-corrected chi connectivity index (χ0v) is 17.7. The van der Waals surface area contributed by atoms with Crippen LogP contribution in [0.15, 0.2) is 70.2 Å². The van der Waals surface area contributed by atoms with Crippen LogP contribution in [0.3, 0.4) is 0 Å². The predicted octanol–water partition coefficient (Wildman–Crippen LogP) is 4.14. The van der Waals surface area contributed by atoms with Crippen molar-refractivity contribution in [2.45, 2.75) is 38.1 Å². The summed E-state index contributed by atoms with van der Waals surface area (Å²) in [6.07, 6.45) is 6.21. The third kappa shape index (κ3) is 4.06. The Hall–Kier alpha value is -3.74. The molecule has 0 unspecified atom stereocenters. The standard InChI is InChI=1S/C25H24N4O3/c30-23-15-22(17-6-4-5-7-17)27-16-29(23)13-12-26-25(31)19-10-11-21-20(14-19)24(32-28-21)18-8-2-1-3-9-18/h1-3,8-11,14-17H,4-7,12-13H2,(H,26,31). The molecule has 1 fully saturated rings. The van der Waals surface area contributed by atoms with E-state index >= 15 is 0 Å². The van der Waals surface area contributed by atoms with Crippen molar-refractivity contribution >= 4 is 16.8 Å². The number of carbonyl (C=O) groups is 1. The lowest BCUT2D eigenvalue weighted by Gasteiger charge is -2.11. The second-order valence-electron chi connectivity index (χ2n) is 8.19. The topological polar surface area (TPSA) is 90.0 Å². The minimum atomic E-state index is -0.212. The number of hydrogen-bond acceptors (Lipinski definition) is 5. The average Bonchev–Trinajstić information content (AvgIpc) is 3.50. The van der Waals surface area contributed by atoms with Gasteiger partial charge in [0.2, 0.25) is 0 Å². The molecule has 1 amide bonds. The Labute approximate surface area is 185 Å². The molecule has 0 bridgehead atoms. The molecule has 0 spiro atoms. The lowest BCUT2D eigenvalue weighted by molar-refractivity contribution is 0.0952. The monoisotopic (exact) mass is 428 g/mol. The lowest BCUT2D eigenvalue weighted by atomic mass is 10.0. The molecule has 0 aliphatic heterocycles. The van der Waals surface area contributed by atoms with Crippen LogP contribution in [0.25, 0.3) is 22.2 Å². The average molecular weight is 428 g/mol. The van der Waals surface area contributed by atoms with Crippen LogP contribution in [0, 0.1) is 0 Å². The Morgan fingerprint density at radius 3 is 2.69 bits per heavy atom. The number of nitrogens with zero attached hydrogens (tertiary/aromatic N) is 3. The van der Waals surface area contributed by atoms with Gasteiger partial charge in [-0.2, -0.15) is 0 Å². The second-order valence-corrected chi connectivity index (χ2v) is 8.19. The summed E-state index contributed by atoms with van der Waals surface area (Å²) in [6.45, 7) is 0.698. The molecule has 2 aromatic heterocycles. The fourth-order valence-corrected chi connectivity index (χ4v) is 4.33. The van der Waals surface area contributed by atoms with Gasteiger partial charge in [0, 0.05) is 36.2 Å². The van der Waals surface area contributed by atoms with Crippen molar-refractivity contribution in [1.29, 1.82) is 0 Å². The second kappa shape index (κ2) is 8.78. The first-order valence-corrected chi connectivity index (χ1v) is 11.0. The van der Waals surface area contributed by atoms with E-state index in [4.69, 9.17) is 4.52 Å². The van der Waals surface area contributed by atoms with Crippen LogP contribution in [0.2, 0.25) is 0 Å². The molecular weight excluding hydrogens is 404 g/mol. The van der Waals surface area contributed by atoms with Gasteiger partial charge in [0.15, 0.2) is 5.76 Å². The summed E-state index contributed by atoms with van der Waals surface area (Å²) in [5, 5.41) is 7.76. The zero-order chi connectivity index (χ0) is 21.9. The quantitative estimate of drug-likeness (QED) is 0.499. The molecule has 7 nitrogen and oxygen atoms in total. The molecule has 1 N–H and O–H groups in total. The molecule has 1 aliphatic rings. The highest BCUT2D eigenvalue weighted by Gasteiger charge is 2.19. The van der Waals surface area contributed by atoms with Crippen LogP contribution in [0.5, 0.6) is 0 Å². The van der Waals surface area contributed by atoms with Crippen LogP contribution in [-0.4, -0.2) is 27.2 Å². The molecule has 1 saturated carbocycles. The van der Waals surface area contributed by atoms with Crippen LogP contribution in [0.4, 0.5) is 0 Å². The van der Waals surface area contributed by atoms with E-state index in [0.29, 0.717) is 35.8 Å². The molecule has 5 rings (SSSR count). The van der Waals surface area contributed by atoms with Crippen molar-refractivity contribution < 1.29 is 9.32 Å². The van der Waals surface area contributed by atoms with Crippen molar-refractivity contribution in [3.8, 4) is 11.3 Å². The molecule has 0 saturated heterocycles. The highest BCUT2D eigenvalue weighted by atomic mass is 16.5. The minimum absolute atomic E-state index is 0.0745. The van der Waals surface area contributed by atoms with Crippen molar-refractivity contribution in [3.05, 3.63) is 82.5 Å². The van der Waals surface area contributed by atoms with Crippen molar-refractivity contribution in [2.24, 2.45) is 0 Å². The Bertz CT molecular complexity index is 1300. The molecular formula is C25H24N4O3. The SMILES string of the molecule is O=C(NCCn1cnc(C2CCCC2)cc1=O)c1ccc2noc(-c3ccccc3)c2c1. The fraction of sp³-hybridized carbons (Fsp3) is 0.280. The fourth-order valence-electron chi connectivity index (χ4n) is 4.33. The lowest BCUT2D eigenvalue weighted by Crippen LogP contribution is -2.31. The number of amides is 1. The van der Waals surface area contributed by atoms with Gasteiger partial charge in [0.25, 0.3) is 11.5 Å². The van der Waals surface area contributed by atoms with Gasteiger partial charge in [-0.15, -0.1) is 0 Å². The summed E-state index contributed by atoms with van der Waals surface area (Å²) in [5.41, 5.74) is 2.93. The smallest absolute Gasteiger partial charge is 0.253 e. The van der Waals surface area contributed by atoms with Crippen LogP contribution < -0.4 is 10.9 Å². The first-order chi connectivity index (χ1) is 15.7. The van der Waals surface area contributed by atoms with Gasteiger partial charge >= 0.3 is 0 Å². The molecule has 0 radical (unpaired) electrons. The van der Waals surface area contributed by atoms with Crippen molar-refractivity contribution in [3.63, 3.8) is 0 Å². The van der Waals surface area contributed by atoms with Gasteiger partial charge in [-0.25, -0.2) is 4.98 Å². The van der Waals surface area contributed by atoms with Crippen LogP contribution in [-0.2, 0) is 6.54 Å². The summed E-state index contributed by atoms with van der Waals surface area (Å²) in [6, 6.07) is 16.6. The van der Waals surface area contributed by atoms with E-state index in [2.05, 4.69) is 15.5 Å². The maximum Gasteiger partial charge on any atom is 0.253 e. The zero-order valence-electron chi connectivity index (χ0n) is 17.7. The summed E-state index contributed by atoms with van der Waals surface area (Å²) >= 11 is 0. The van der Waals surface area contributed by atoms with Gasteiger partial charge in [-0.05, 0) is 31.0 Å². The van der Waals surface area contributed by atoms with Crippen LogP contribution in [0.1, 0.15) is 47.7 Å². The van der Waals surface area contributed by atoms with Crippen molar-refractivity contribution in [2.75, 3.05) is 6.54 Å². The number of hydrogen-bond donors (Lipinski definition) is 1. The van der Waals surface area contributed by atoms with E-state index in [9.17, 15) is 9.59 Å². The normalized spacial score (nSPS) is 14.1. The molecule has 32 heavy (non-hydrogen) atoms. The summed E-state index contributed by atoms with van der Waals surface area (Å²) in [7, 11) is 0. The van der Waals surface area contributed by atoms with Gasteiger partial charge in [-0.3, -0.25) is 14.2 Å². The number of nitrogens with one attached hydrogen (secondary N) is 1. The number of aromatic nitrogens is 3. The predicted molar refractivity (Wildman–Crippen MR) is 121 cm³/mol. The Morgan fingerprint density at radius 2 is 1.91 bits per heavy atom. The van der Waals surface area contributed by atoms with Gasteiger partial charge in [0.05, 0.1) is 17.4 Å². The van der Waals surface area contributed by atoms with Gasteiger partial charge < -0.3 is 9.84 Å². The van der Waals surface area contributed by atoms with E-state index < -0.39 is 0 Å². The van der Waals surface area contributed by atoms with Gasteiger partial charge in [0.1, 0.15) is 5.52 Å². The summed E-state index contributed by atoms with van der Waals surface area (Å²) in [4.78, 5) is 29.6. The number of benzene rings is 2. The van der Waals surface area contributed by atoms with E-state index in [0.717, 1.165) is 29.5 Å². The molecule has 2 heterocycles. The number of carbonyl (C=O) groups excluding carboxylic acids is 1. The summed E-state index contributed by atoms with van der Waals surface area (Å²) in [5.74, 6) is 0.830.